The maximum Gasteiger partial charge on any atom is 0.295 e. The molecule has 30 heavy (non-hydrogen) atoms. The largest absolute Gasteiger partial charge is 0.507 e. The van der Waals surface area contributed by atoms with Gasteiger partial charge in [0.15, 0.2) is 11.5 Å². The van der Waals surface area contributed by atoms with Crippen LogP contribution >= 0.6 is 0 Å². The quantitative estimate of drug-likeness (QED) is 0.383. The molecule has 0 spiro atoms. The first-order chi connectivity index (χ1) is 14.2. The van der Waals surface area contributed by atoms with E-state index in [0.717, 1.165) is 5.56 Å². The summed E-state index contributed by atoms with van der Waals surface area (Å²) in [5, 5.41) is 30.9. The van der Waals surface area contributed by atoms with Crippen molar-refractivity contribution < 1.29 is 29.6 Å². The molecule has 2 aromatic rings. The van der Waals surface area contributed by atoms with Gasteiger partial charge in [-0.05, 0) is 38.5 Å². The first kappa shape index (κ1) is 21.4. The van der Waals surface area contributed by atoms with Crippen LogP contribution in [0.3, 0.4) is 0 Å². The number of amides is 1. The zero-order valence-electron chi connectivity index (χ0n) is 17.1. The van der Waals surface area contributed by atoms with E-state index in [-0.39, 0.29) is 29.4 Å². The standard InChI is InChI=1S/C23H25NO6/c1-4-30-18-11-16(9-10-17(18)26)20-19(21(27)15-7-5-13(2)6-8-15)22(28)23(29)24(20)12-14(3)25/h5-11,14,20,25-27H,4,12H2,1-3H3/t14-,20+/m0/s1. The van der Waals surface area contributed by atoms with Gasteiger partial charge in [0.25, 0.3) is 11.7 Å². The lowest BCUT2D eigenvalue weighted by Crippen LogP contribution is -2.35. The van der Waals surface area contributed by atoms with Crippen LogP contribution in [-0.2, 0) is 9.59 Å². The van der Waals surface area contributed by atoms with E-state index in [0.29, 0.717) is 17.7 Å². The number of phenolic OH excluding ortho intramolecular Hbond substituents is 1. The smallest absolute Gasteiger partial charge is 0.295 e. The highest BCUT2D eigenvalue weighted by molar-refractivity contribution is 6.46. The number of Topliss-reactive ketones (excluding diaryl/α,β-unsaturated/α-hetero) is 1. The topological polar surface area (TPSA) is 107 Å². The third-order valence-electron chi connectivity index (χ3n) is 4.93. The van der Waals surface area contributed by atoms with Gasteiger partial charge in [0.05, 0.1) is 24.3 Å². The lowest BCUT2D eigenvalue weighted by Gasteiger charge is -2.26. The minimum Gasteiger partial charge on any atom is -0.507 e. The van der Waals surface area contributed by atoms with Gasteiger partial charge in [0.2, 0.25) is 0 Å². The van der Waals surface area contributed by atoms with Crippen molar-refractivity contribution in [2.45, 2.75) is 32.9 Å². The number of hydrogen-bond donors (Lipinski definition) is 3. The summed E-state index contributed by atoms with van der Waals surface area (Å²) in [6, 6.07) is 10.5. The van der Waals surface area contributed by atoms with E-state index in [2.05, 4.69) is 0 Å². The van der Waals surface area contributed by atoms with Gasteiger partial charge in [-0.25, -0.2) is 0 Å². The maximum absolute atomic E-state index is 12.9. The van der Waals surface area contributed by atoms with E-state index in [1.54, 1.807) is 37.3 Å². The normalized spacial score (nSPS) is 19.2. The molecule has 0 aliphatic carbocycles. The second-order valence-electron chi connectivity index (χ2n) is 7.33. The zero-order valence-corrected chi connectivity index (χ0v) is 17.1. The number of aromatic hydroxyl groups is 1. The number of phenols is 1. The highest BCUT2D eigenvalue weighted by Gasteiger charge is 2.46. The number of likely N-dealkylation sites (tertiary alicyclic amines) is 1. The van der Waals surface area contributed by atoms with Crippen molar-refractivity contribution >= 4 is 17.4 Å². The summed E-state index contributed by atoms with van der Waals surface area (Å²) in [5.41, 5.74) is 1.80. The van der Waals surface area contributed by atoms with Crippen LogP contribution < -0.4 is 4.74 Å². The number of ether oxygens (including phenoxy) is 1. The van der Waals surface area contributed by atoms with Crippen LogP contribution in [0.2, 0.25) is 0 Å². The molecule has 1 amide bonds. The fourth-order valence-electron chi connectivity index (χ4n) is 3.54. The van der Waals surface area contributed by atoms with E-state index in [4.69, 9.17) is 4.74 Å². The molecule has 0 radical (unpaired) electrons. The van der Waals surface area contributed by atoms with Crippen LogP contribution in [0, 0.1) is 6.92 Å². The molecular formula is C23H25NO6. The Hall–Kier alpha value is -3.32. The van der Waals surface area contributed by atoms with Crippen molar-refractivity contribution in [2.75, 3.05) is 13.2 Å². The lowest BCUT2D eigenvalue weighted by molar-refractivity contribution is -0.140. The average Bonchev–Trinajstić information content (AvgIpc) is 2.94. The molecule has 0 aromatic heterocycles. The van der Waals surface area contributed by atoms with Crippen LogP contribution in [0.25, 0.3) is 5.76 Å². The zero-order chi connectivity index (χ0) is 22.0. The van der Waals surface area contributed by atoms with Crippen molar-refractivity contribution in [3.8, 4) is 11.5 Å². The molecule has 0 bridgehead atoms. The number of β-amino-alcohol motifs (C(OH)–C–C–N with tert-alkyl or cyclic N) is 1. The summed E-state index contributed by atoms with van der Waals surface area (Å²) in [6.07, 6.45) is -0.881. The molecule has 7 nitrogen and oxygen atoms in total. The summed E-state index contributed by atoms with van der Waals surface area (Å²) >= 11 is 0. The molecule has 1 saturated heterocycles. The Morgan fingerprint density at radius 2 is 1.83 bits per heavy atom. The van der Waals surface area contributed by atoms with Gasteiger partial charge < -0.3 is 25.0 Å². The first-order valence-corrected chi connectivity index (χ1v) is 9.73. The number of carbonyl (C=O) groups excluding carboxylic acids is 2. The van der Waals surface area contributed by atoms with Gasteiger partial charge in [0.1, 0.15) is 5.76 Å². The first-order valence-electron chi connectivity index (χ1n) is 9.73. The molecule has 0 unspecified atom stereocenters. The average molecular weight is 411 g/mol. The highest BCUT2D eigenvalue weighted by Crippen LogP contribution is 2.41. The molecular weight excluding hydrogens is 386 g/mol. The van der Waals surface area contributed by atoms with Gasteiger partial charge in [-0.3, -0.25) is 9.59 Å². The number of ketones is 1. The maximum atomic E-state index is 12.9. The van der Waals surface area contributed by atoms with Crippen LogP contribution in [0.15, 0.2) is 48.0 Å². The van der Waals surface area contributed by atoms with Gasteiger partial charge >= 0.3 is 0 Å². The molecule has 1 heterocycles. The summed E-state index contributed by atoms with van der Waals surface area (Å²) in [7, 11) is 0. The number of carbonyl (C=O) groups is 2. The second kappa shape index (κ2) is 8.59. The molecule has 3 rings (SSSR count). The predicted molar refractivity (Wildman–Crippen MR) is 111 cm³/mol. The van der Waals surface area contributed by atoms with Crippen LogP contribution in [0.1, 0.15) is 36.6 Å². The van der Waals surface area contributed by atoms with Crippen molar-refractivity contribution in [1.82, 2.24) is 4.90 Å². The number of aliphatic hydroxyl groups is 2. The molecule has 158 valence electrons. The van der Waals surface area contributed by atoms with Gasteiger partial charge in [-0.1, -0.05) is 35.9 Å². The van der Waals surface area contributed by atoms with Crippen LogP contribution in [0.4, 0.5) is 0 Å². The Morgan fingerprint density at radius 1 is 1.17 bits per heavy atom. The monoisotopic (exact) mass is 411 g/mol. The minimum atomic E-state index is -0.930. The number of benzene rings is 2. The third-order valence-corrected chi connectivity index (χ3v) is 4.93. The Morgan fingerprint density at radius 3 is 2.43 bits per heavy atom. The molecule has 2 atom stereocenters. The Kier molecular flexibility index (Phi) is 6.12. The number of aliphatic hydroxyl groups excluding tert-OH is 2. The molecule has 1 aliphatic rings. The molecule has 7 heteroatoms. The Labute approximate surface area is 174 Å². The molecule has 0 saturated carbocycles. The number of nitrogens with zero attached hydrogens (tertiary/aromatic N) is 1. The molecule has 3 N–H and O–H groups in total. The number of rotatable bonds is 6. The summed E-state index contributed by atoms with van der Waals surface area (Å²) < 4.78 is 5.43. The van der Waals surface area contributed by atoms with E-state index in [9.17, 15) is 24.9 Å². The highest BCUT2D eigenvalue weighted by atomic mass is 16.5. The predicted octanol–water partition coefficient (Wildman–Crippen LogP) is 2.90. The lowest BCUT2D eigenvalue weighted by atomic mass is 9.94. The SMILES string of the molecule is CCOc1cc([C@@H]2C(=C(O)c3ccc(C)cc3)C(=O)C(=O)N2C[C@H](C)O)ccc1O. The summed E-state index contributed by atoms with van der Waals surface area (Å²) in [4.78, 5) is 26.8. The van der Waals surface area contributed by atoms with E-state index in [1.165, 1.54) is 24.0 Å². The van der Waals surface area contributed by atoms with Crippen molar-refractivity contribution in [3.63, 3.8) is 0 Å². The summed E-state index contributed by atoms with van der Waals surface area (Å²) in [6.45, 7) is 5.40. The van der Waals surface area contributed by atoms with Crippen LogP contribution in [0.5, 0.6) is 11.5 Å². The number of aryl methyl sites for hydroxylation is 1. The fourth-order valence-corrected chi connectivity index (χ4v) is 3.54. The second-order valence-corrected chi connectivity index (χ2v) is 7.33. The van der Waals surface area contributed by atoms with Crippen molar-refractivity contribution in [1.29, 1.82) is 0 Å². The van der Waals surface area contributed by atoms with Gasteiger partial charge in [0, 0.05) is 12.1 Å². The van der Waals surface area contributed by atoms with Crippen molar-refractivity contribution in [2.24, 2.45) is 0 Å². The Balaban J connectivity index is 2.20. The van der Waals surface area contributed by atoms with E-state index < -0.39 is 23.8 Å². The van der Waals surface area contributed by atoms with E-state index >= 15 is 0 Å². The molecule has 1 fully saturated rings. The van der Waals surface area contributed by atoms with E-state index in [1.807, 2.05) is 6.92 Å². The van der Waals surface area contributed by atoms with Crippen LogP contribution in [-0.4, -0.2) is 51.2 Å². The molecule has 1 aliphatic heterocycles. The summed E-state index contributed by atoms with van der Waals surface area (Å²) in [5.74, 6) is -1.80. The van der Waals surface area contributed by atoms with Gasteiger partial charge in [-0.15, -0.1) is 0 Å². The van der Waals surface area contributed by atoms with Crippen molar-refractivity contribution in [3.05, 3.63) is 64.7 Å². The third kappa shape index (κ3) is 4.02. The Bertz CT molecular complexity index is 993. The fraction of sp³-hybridized carbons (Fsp3) is 0.304. The minimum absolute atomic E-state index is 0.0716. The van der Waals surface area contributed by atoms with Gasteiger partial charge in [-0.2, -0.15) is 0 Å². The molecule has 2 aromatic carbocycles. The number of hydrogen-bond acceptors (Lipinski definition) is 6.